The van der Waals surface area contributed by atoms with Gasteiger partial charge >= 0.3 is 0 Å². The van der Waals surface area contributed by atoms with E-state index < -0.39 is 0 Å². The van der Waals surface area contributed by atoms with Crippen molar-refractivity contribution in [1.29, 1.82) is 0 Å². The van der Waals surface area contributed by atoms with Gasteiger partial charge in [0.25, 0.3) is 0 Å². The molecule has 3 rings (SSSR count). The zero-order valence-corrected chi connectivity index (χ0v) is 17.8. The number of nitrogens with zero attached hydrogens (tertiary/aromatic N) is 1. The minimum absolute atomic E-state index is 0.102. The van der Waals surface area contributed by atoms with Gasteiger partial charge in [0, 0.05) is 25.2 Å². The standard InChI is InChI=1S/C23H28N2O3S/c1-28-20-10-8-19(9-11-20)24-22(26)14-21-18(16-29-2)15-25(23(21)27)13-12-17-6-4-3-5-7-17/h3-11,18,21H,12-16H2,1-2H3,(H,24,26)/t18-,21-/m1/s1. The van der Waals surface area contributed by atoms with E-state index in [0.29, 0.717) is 12.2 Å². The molecule has 154 valence electrons. The number of thioether (sulfide) groups is 1. The topological polar surface area (TPSA) is 58.6 Å². The van der Waals surface area contributed by atoms with Crippen molar-refractivity contribution < 1.29 is 14.3 Å². The highest BCUT2D eigenvalue weighted by molar-refractivity contribution is 7.98. The largest absolute Gasteiger partial charge is 0.497 e. The molecule has 0 aliphatic carbocycles. The Balaban J connectivity index is 1.59. The van der Waals surface area contributed by atoms with Crippen LogP contribution in [0.3, 0.4) is 0 Å². The fraction of sp³-hybridized carbons (Fsp3) is 0.391. The second kappa shape index (κ2) is 10.3. The third-order valence-corrected chi connectivity index (χ3v) is 6.09. The normalized spacial score (nSPS) is 18.7. The fourth-order valence-corrected chi connectivity index (χ4v) is 4.54. The van der Waals surface area contributed by atoms with E-state index in [1.165, 1.54) is 5.56 Å². The molecular formula is C23H28N2O3S. The zero-order chi connectivity index (χ0) is 20.6. The van der Waals surface area contributed by atoms with Gasteiger partial charge in [-0.3, -0.25) is 9.59 Å². The first kappa shape index (κ1) is 21.2. The molecule has 2 aromatic carbocycles. The number of hydrogen-bond donors (Lipinski definition) is 1. The van der Waals surface area contributed by atoms with Gasteiger partial charge in [-0.25, -0.2) is 0 Å². The van der Waals surface area contributed by atoms with Crippen molar-refractivity contribution in [2.45, 2.75) is 12.8 Å². The van der Waals surface area contributed by atoms with Crippen LogP contribution in [0.15, 0.2) is 54.6 Å². The maximum absolute atomic E-state index is 13.0. The first-order valence-electron chi connectivity index (χ1n) is 9.86. The summed E-state index contributed by atoms with van der Waals surface area (Å²) in [5.41, 5.74) is 1.94. The average molecular weight is 413 g/mol. The summed E-state index contributed by atoms with van der Waals surface area (Å²) in [5.74, 6) is 1.55. The molecule has 1 N–H and O–H groups in total. The van der Waals surface area contributed by atoms with Gasteiger partial charge in [-0.1, -0.05) is 30.3 Å². The smallest absolute Gasteiger partial charge is 0.226 e. The second-order valence-electron chi connectivity index (χ2n) is 7.32. The predicted molar refractivity (Wildman–Crippen MR) is 118 cm³/mol. The Morgan fingerprint density at radius 3 is 2.55 bits per heavy atom. The number of nitrogens with one attached hydrogen (secondary N) is 1. The molecular weight excluding hydrogens is 384 g/mol. The summed E-state index contributed by atoms with van der Waals surface area (Å²) in [7, 11) is 1.61. The fourth-order valence-electron chi connectivity index (χ4n) is 3.77. The molecule has 1 fully saturated rings. The van der Waals surface area contributed by atoms with Crippen LogP contribution >= 0.6 is 11.8 Å². The van der Waals surface area contributed by atoms with E-state index >= 15 is 0 Å². The van der Waals surface area contributed by atoms with Crippen LogP contribution in [0.1, 0.15) is 12.0 Å². The number of methoxy groups -OCH3 is 1. The summed E-state index contributed by atoms with van der Waals surface area (Å²) in [6, 6.07) is 17.4. The maximum Gasteiger partial charge on any atom is 0.226 e. The summed E-state index contributed by atoms with van der Waals surface area (Å²) >= 11 is 1.73. The lowest BCUT2D eigenvalue weighted by Crippen LogP contribution is -2.30. The van der Waals surface area contributed by atoms with E-state index in [-0.39, 0.29) is 30.1 Å². The lowest BCUT2D eigenvalue weighted by Gasteiger charge is -2.16. The first-order valence-corrected chi connectivity index (χ1v) is 11.3. The molecule has 1 saturated heterocycles. The van der Waals surface area contributed by atoms with Crippen LogP contribution in [0.2, 0.25) is 0 Å². The van der Waals surface area contributed by atoms with E-state index in [2.05, 4.69) is 17.4 Å². The van der Waals surface area contributed by atoms with Gasteiger partial charge in [0.15, 0.2) is 0 Å². The van der Waals surface area contributed by atoms with Crippen LogP contribution in [0, 0.1) is 11.8 Å². The number of amides is 2. The second-order valence-corrected chi connectivity index (χ2v) is 8.23. The minimum Gasteiger partial charge on any atom is -0.497 e. The third kappa shape index (κ3) is 5.76. The summed E-state index contributed by atoms with van der Waals surface area (Å²) < 4.78 is 5.14. The zero-order valence-electron chi connectivity index (χ0n) is 17.0. The van der Waals surface area contributed by atoms with Crippen molar-refractivity contribution in [3.63, 3.8) is 0 Å². The van der Waals surface area contributed by atoms with E-state index in [1.54, 1.807) is 43.1 Å². The Kier molecular flexibility index (Phi) is 7.58. The number of anilines is 1. The molecule has 1 heterocycles. The minimum atomic E-state index is -0.253. The molecule has 0 aromatic heterocycles. The van der Waals surface area contributed by atoms with Crippen molar-refractivity contribution in [3.05, 3.63) is 60.2 Å². The Morgan fingerprint density at radius 2 is 1.90 bits per heavy atom. The van der Waals surface area contributed by atoms with Crippen LogP contribution in [0.25, 0.3) is 0 Å². The van der Waals surface area contributed by atoms with Crippen molar-refractivity contribution in [2.75, 3.05) is 37.5 Å². The van der Waals surface area contributed by atoms with E-state index in [9.17, 15) is 9.59 Å². The highest BCUT2D eigenvalue weighted by atomic mass is 32.2. The van der Waals surface area contributed by atoms with Crippen molar-refractivity contribution in [3.8, 4) is 5.75 Å². The molecule has 2 amide bonds. The van der Waals surface area contributed by atoms with E-state index in [1.807, 2.05) is 29.4 Å². The van der Waals surface area contributed by atoms with E-state index in [4.69, 9.17) is 4.74 Å². The molecule has 29 heavy (non-hydrogen) atoms. The van der Waals surface area contributed by atoms with Crippen molar-refractivity contribution >= 4 is 29.3 Å². The number of carbonyl (C=O) groups is 2. The number of rotatable bonds is 9. The maximum atomic E-state index is 13.0. The molecule has 0 spiro atoms. The highest BCUT2D eigenvalue weighted by Crippen LogP contribution is 2.30. The van der Waals surface area contributed by atoms with Gasteiger partial charge in [0.2, 0.25) is 11.8 Å². The monoisotopic (exact) mass is 412 g/mol. The number of benzene rings is 2. The summed E-state index contributed by atoms with van der Waals surface area (Å²) in [6.07, 6.45) is 3.10. The van der Waals surface area contributed by atoms with Crippen molar-refractivity contribution in [1.82, 2.24) is 4.90 Å². The molecule has 2 atom stereocenters. The van der Waals surface area contributed by atoms with Crippen LogP contribution < -0.4 is 10.1 Å². The van der Waals surface area contributed by atoms with Gasteiger partial charge in [-0.15, -0.1) is 0 Å². The van der Waals surface area contributed by atoms with Gasteiger partial charge in [-0.2, -0.15) is 11.8 Å². The highest BCUT2D eigenvalue weighted by Gasteiger charge is 2.40. The summed E-state index contributed by atoms with van der Waals surface area (Å²) in [5, 5.41) is 2.90. The van der Waals surface area contributed by atoms with Crippen LogP contribution in [-0.4, -0.2) is 48.9 Å². The summed E-state index contributed by atoms with van der Waals surface area (Å²) in [6.45, 7) is 1.43. The molecule has 5 nitrogen and oxygen atoms in total. The lowest BCUT2D eigenvalue weighted by atomic mass is 9.93. The SMILES string of the molecule is COc1ccc(NC(=O)C[C@H]2C(=O)N(CCc3ccccc3)C[C@@H]2CSC)cc1. The van der Waals surface area contributed by atoms with Crippen LogP contribution in [0.5, 0.6) is 5.75 Å². The Morgan fingerprint density at radius 1 is 1.17 bits per heavy atom. The lowest BCUT2D eigenvalue weighted by molar-refractivity contribution is -0.133. The molecule has 1 aliphatic heterocycles. The quantitative estimate of drug-likeness (QED) is 0.682. The average Bonchev–Trinajstić information content (AvgIpc) is 3.03. The molecule has 0 bridgehead atoms. The number of ether oxygens (including phenoxy) is 1. The van der Waals surface area contributed by atoms with Gasteiger partial charge in [0.1, 0.15) is 5.75 Å². The number of hydrogen-bond acceptors (Lipinski definition) is 4. The van der Waals surface area contributed by atoms with Gasteiger partial charge in [0.05, 0.1) is 13.0 Å². The Hall–Kier alpha value is -2.47. The molecule has 6 heteroatoms. The van der Waals surface area contributed by atoms with Gasteiger partial charge < -0.3 is 15.0 Å². The molecule has 2 aromatic rings. The summed E-state index contributed by atoms with van der Waals surface area (Å²) in [4.78, 5) is 27.5. The molecule has 0 saturated carbocycles. The predicted octanol–water partition coefficient (Wildman–Crippen LogP) is 3.70. The van der Waals surface area contributed by atoms with Crippen molar-refractivity contribution in [2.24, 2.45) is 11.8 Å². The Labute approximate surface area is 176 Å². The number of likely N-dealkylation sites (tertiary alicyclic amines) is 1. The van der Waals surface area contributed by atoms with Gasteiger partial charge in [-0.05, 0) is 54.2 Å². The Bertz CT molecular complexity index is 811. The van der Waals surface area contributed by atoms with Crippen LogP contribution in [-0.2, 0) is 16.0 Å². The molecule has 0 unspecified atom stereocenters. The van der Waals surface area contributed by atoms with Crippen LogP contribution in [0.4, 0.5) is 5.69 Å². The number of carbonyl (C=O) groups excluding carboxylic acids is 2. The molecule has 1 aliphatic rings. The molecule has 0 radical (unpaired) electrons. The van der Waals surface area contributed by atoms with E-state index in [0.717, 1.165) is 24.5 Å². The first-order chi connectivity index (χ1) is 14.1. The third-order valence-electron chi connectivity index (χ3n) is 5.33.